The molecule has 0 radical (unpaired) electrons. The third kappa shape index (κ3) is 11.8. The van der Waals surface area contributed by atoms with Gasteiger partial charge in [-0.05, 0) is 240 Å². The van der Waals surface area contributed by atoms with E-state index in [-0.39, 0.29) is 12.8 Å². The van der Waals surface area contributed by atoms with E-state index in [4.69, 9.17) is 13.9 Å². The van der Waals surface area contributed by atoms with Crippen molar-refractivity contribution in [3.63, 3.8) is 0 Å². The number of ether oxygens (including phenoxy) is 2. The first kappa shape index (κ1) is 78.1. The van der Waals surface area contributed by atoms with Gasteiger partial charge in [-0.3, -0.25) is 0 Å². The number of para-hydroxylation sites is 3. The van der Waals surface area contributed by atoms with E-state index < -0.39 is 10.8 Å². The molecule has 3 aliphatic carbocycles. The molecule has 3 spiro atoms. The van der Waals surface area contributed by atoms with Crippen molar-refractivity contribution in [3.8, 4) is 78.6 Å². The maximum absolute atomic E-state index is 6.62. The van der Waals surface area contributed by atoms with Gasteiger partial charge < -0.3 is 29.8 Å². The lowest BCUT2D eigenvalue weighted by Gasteiger charge is -2.40. The van der Waals surface area contributed by atoms with E-state index in [2.05, 4.69) is 447 Å². The average Bonchev–Trinajstić information content (AvgIpc) is 1.54. The molecule has 3 aromatic heterocycles. The van der Waals surface area contributed by atoms with E-state index >= 15 is 0 Å². The molecule has 0 fully saturated rings. The number of furan rings is 1. The predicted octanol–water partition coefficient (Wildman–Crippen LogP) is 34.7. The molecule has 6 heterocycles. The second-order valence-corrected chi connectivity index (χ2v) is 38.1. The molecule has 133 heavy (non-hydrogen) atoms. The summed E-state index contributed by atoms with van der Waals surface area (Å²) < 4.78 is 24.6. The van der Waals surface area contributed by atoms with Crippen LogP contribution in [-0.2, 0) is 16.2 Å². The first-order chi connectivity index (χ1) is 65.4. The second kappa shape index (κ2) is 30.8. The number of thiophene rings is 2. The van der Waals surface area contributed by atoms with Crippen LogP contribution >= 0.6 is 34.4 Å². The molecular formula is C124H81N3O3S3. The molecule has 29 rings (SSSR count). The topological polar surface area (TPSA) is 67.7 Å². The van der Waals surface area contributed by atoms with Crippen molar-refractivity contribution >= 4 is 131 Å². The minimum Gasteiger partial charge on any atom is -0.457 e. The fourth-order valence-electron chi connectivity index (χ4n) is 22.7. The molecular weight excluding hydrogens is 1680 g/mol. The van der Waals surface area contributed by atoms with Gasteiger partial charge in [0.25, 0.3) is 0 Å². The minimum absolute atomic E-state index is 0. The highest BCUT2D eigenvalue weighted by Gasteiger charge is 2.54. The zero-order valence-corrected chi connectivity index (χ0v) is 73.6. The Balaban J connectivity index is 0.000000104. The average molecular weight is 1760 g/mol. The number of hydrogen-bond donors (Lipinski definition) is 3. The second-order valence-electron chi connectivity index (χ2n) is 34.8. The van der Waals surface area contributed by atoms with Gasteiger partial charge in [0.15, 0.2) is 0 Å². The highest BCUT2D eigenvalue weighted by Crippen LogP contribution is 2.67. The molecule has 23 aromatic rings. The monoisotopic (exact) mass is 1760 g/mol. The molecule has 6 aliphatic rings. The van der Waals surface area contributed by atoms with Crippen LogP contribution < -0.4 is 25.4 Å². The molecule has 0 saturated heterocycles. The highest BCUT2D eigenvalue weighted by molar-refractivity contribution is 7.99. The van der Waals surface area contributed by atoms with E-state index in [9.17, 15) is 0 Å². The molecule has 0 atom stereocenters. The normalized spacial score (nSPS) is 13.6. The molecule has 20 aromatic carbocycles. The number of benzene rings is 20. The van der Waals surface area contributed by atoms with Crippen molar-refractivity contribution in [1.29, 1.82) is 0 Å². The van der Waals surface area contributed by atoms with E-state index in [0.717, 1.165) is 95.8 Å². The van der Waals surface area contributed by atoms with Crippen molar-refractivity contribution in [1.82, 2.24) is 0 Å². The summed E-state index contributed by atoms with van der Waals surface area (Å²) in [5.41, 5.74) is 34.7. The molecule has 0 bridgehead atoms. The lowest BCUT2D eigenvalue weighted by molar-refractivity contribution is 0.436. The fourth-order valence-corrected chi connectivity index (χ4v) is 26.1. The molecule has 3 aliphatic heterocycles. The Hall–Kier alpha value is -16.0. The Morgan fingerprint density at radius 2 is 0.564 bits per heavy atom. The Morgan fingerprint density at radius 3 is 1.13 bits per heavy atom. The van der Waals surface area contributed by atoms with Gasteiger partial charge in [-0.25, -0.2) is 0 Å². The van der Waals surface area contributed by atoms with E-state index in [1.54, 1.807) is 0 Å². The van der Waals surface area contributed by atoms with Crippen LogP contribution in [0.1, 0.15) is 74.2 Å². The zero-order chi connectivity index (χ0) is 86.7. The van der Waals surface area contributed by atoms with Crippen molar-refractivity contribution in [2.24, 2.45) is 0 Å². The van der Waals surface area contributed by atoms with Crippen LogP contribution in [0.15, 0.2) is 463 Å². The van der Waals surface area contributed by atoms with Crippen LogP contribution in [0.2, 0.25) is 0 Å². The summed E-state index contributed by atoms with van der Waals surface area (Å²) in [5.74, 6) is 3.58. The van der Waals surface area contributed by atoms with Gasteiger partial charge in [-0.1, -0.05) is 329 Å². The molecule has 0 amide bonds. The maximum atomic E-state index is 6.62. The molecule has 628 valence electrons. The number of fused-ring (bicyclic) bond motifs is 36. The number of hydrogen-bond acceptors (Lipinski definition) is 9. The van der Waals surface area contributed by atoms with E-state index in [1.165, 1.54) is 156 Å². The van der Waals surface area contributed by atoms with E-state index in [1.807, 2.05) is 52.6 Å². The summed E-state index contributed by atoms with van der Waals surface area (Å²) in [5, 5.41) is 18.8. The lowest BCUT2D eigenvalue weighted by Crippen LogP contribution is -2.32. The highest BCUT2D eigenvalue weighted by atomic mass is 32.2. The molecule has 9 heteroatoms. The van der Waals surface area contributed by atoms with Crippen LogP contribution in [0, 0.1) is 0 Å². The SMILES string of the molecule is C.c1cc(Nc2ccc3c(c2)C2(c4ccccc4O3)c3ccccc3-c3ccccc32)cc(-c2cccc3sc4ccccc4c23)c1.c1ccc2c(c1)Oc1ccc(Nc3ccc(-c4cccc5oc6ccccc6c45)cc3)cc1C21c2ccccc2-c2ccccc21.c1ccc2c(c1)Sc1ccc(Nc3cccc4sc5ccccc5c34)cc1C21c2ccccc2-c2ccccc21. The minimum atomic E-state index is -0.481. The van der Waals surface area contributed by atoms with Crippen LogP contribution in [-0.4, -0.2) is 0 Å². The molecule has 0 unspecified atom stereocenters. The Kier molecular flexibility index (Phi) is 18.1. The van der Waals surface area contributed by atoms with Crippen LogP contribution in [0.5, 0.6) is 23.0 Å². The Morgan fingerprint density at radius 1 is 0.203 bits per heavy atom. The molecule has 3 N–H and O–H groups in total. The van der Waals surface area contributed by atoms with Crippen LogP contribution in [0.3, 0.4) is 0 Å². The summed E-state index contributed by atoms with van der Waals surface area (Å²) >= 11 is 5.60. The van der Waals surface area contributed by atoms with Crippen molar-refractivity contribution < 1.29 is 13.9 Å². The molecule has 6 nitrogen and oxygen atoms in total. The predicted molar refractivity (Wildman–Crippen MR) is 555 cm³/mol. The summed E-state index contributed by atoms with van der Waals surface area (Å²) in [7, 11) is 0. The fraction of sp³-hybridized carbons (Fsp3) is 0.0323. The zero-order valence-electron chi connectivity index (χ0n) is 71.2. The largest absolute Gasteiger partial charge is 0.457 e. The third-order valence-electron chi connectivity index (χ3n) is 28.0. The van der Waals surface area contributed by atoms with Gasteiger partial charge >= 0.3 is 0 Å². The van der Waals surface area contributed by atoms with Crippen molar-refractivity contribution in [3.05, 3.63) is 516 Å². The molecule has 0 saturated carbocycles. The van der Waals surface area contributed by atoms with Crippen LogP contribution in [0.4, 0.5) is 34.1 Å². The summed E-state index contributed by atoms with van der Waals surface area (Å²) in [6.45, 7) is 0. The van der Waals surface area contributed by atoms with E-state index in [0.29, 0.717) is 0 Å². The van der Waals surface area contributed by atoms with Gasteiger partial charge in [-0.2, -0.15) is 0 Å². The van der Waals surface area contributed by atoms with Gasteiger partial charge in [0.2, 0.25) is 0 Å². The van der Waals surface area contributed by atoms with Gasteiger partial charge in [0.05, 0.1) is 16.2 Å². The first-order valence-electron chi connectivity index (χ1n) is 45.0. The van der Waals surface area contributed by atoms with Crippen molar-refractivity contribution in [2.45, 2.75) is 33.5 Å². The Labute approximate surface area is 782 Å². The summed E-state index contributed by atoms with van der Waals surface area (Å²) in [6.07, 6.45) is 0. The van der Waals surface area contributed by atoms with Gasteiger partial charge in [-0.15, -0.1) is 22.7 Å². The summed E-state index contributed by atoms with van der Waals surface area (Å²) in [6, 6.07) is 162. The smallest absolute Gasteiger partial charge is 0.136 e. The number of nitrogens with one attached hydrogen (secondary N) is 3. The Bertz CT molecular complexity index is 8600. The third-order valence-corrected chi connectivity index (χ3v) is 31.4. The first-order valence-corrected chi connectivity index (χ1v) is 47.4. The summed E-state index contributed by atoms with van der Waals surface area (Å²) in [4.78, 5) is 2.65. The quantitative estimate of drug-likeness (QED) is 0.140. The van der Waals surface area contributed by atoms with Crippen LogP contribution in [0.25, 0.3) is 118 Å². The standard InChI is InChI=1S/C43H27NO2.C43H27NOS.C37H23NS2.CH4/c1-4-14-34-31(10-1)32-11-2-5-15-35(32)43(34)36-16-6-8-18-39(36)46-40-25-24-29(26-37(40)43)44-28-22-20-27(21-23-28)30-13-9-19-41-42(30)33-12-3-7-17-38(33)45-41;1-4-17-34-31(13-1)32-14-2-5-18-35(32)43(34)36-19-6-7-20-38(36)45-39-24-23-29(26-37(39)43)44-28-12-9-11-27(25-28)30-16-10-22-41-42(30)33-15-3-8-21-40(33)46-41;1-4-13-27-24(10-1)25-11-2-5-14-28(25)37(27)29-15-6-8-18-33(29)40-34-21-20-23(22-30(34)37)38-31-16-9-19-35-36(31)26-12-3-7-17-32(26)39-35;/h2*1-26,44H;1-22,38H;1H4. The number of rotatable bonds is 8. The van der Waals surface area contributed by atoms with Gasteiger partial charge in [0, 0.05) is 117 Å². The number of anilines is 6. The lowest BCUT2D eigenvalue weighted by atomic mass is 9.66. The van der Waals surface area contributed by atoms with Gasteiger partial charge in [0.1, 0.15) is 34.2 Å². The maximum Gasteiger partial charge on any atom is 0.136 e. The van der Waals surface area contributed by atoms with Crippen molar-refractivity contribution in [2.75, 3.05) is 16.0 Å².